The highest BCUT2D eigenvalue weighted by molar-refractivity contribution is 5.67. The number of nitrogens with zero attached hydrogens (tertiary/aromatic N) is 1. The number of carbonyl (C=O) groups excluding carboxylic acids is 1. The number of halogens is 1. The lowest BCUT2D eigenvalue weighted by atomic mass is 10.1. The van der Waals surface area contributed by atoms with Crippen LogP contribution in [-0.2, 0) is 11.3 Å². The monoisotopic (exact) mass is 267 g/mol. The third kappa shape index (κ3) is 3.92. The van der Waals surface area contributed by atoms with E-state index in [1.54, 1.807) is 0 Å². The average molecular weight is 267 g/mol. The summed E-state index contributed by atoms with van der Waals surface area (Å²) in [5, 5.41) is 9.41. The molecule has 0 saturated carbocycles. The summed E-state index contributed by atoms with van der Waals surface area (Å²) in [4.78, 5) is 13.3. The molecule has 1 heterocycles. The van der Waals surface area contributed by atoms with Crippen LogP contribution in [0.15, 0.2) is 30.3 Å². The molecule has 2 unspecified atom stereocenters. The van der Waals surface area contributed by atoms with Gasteiger partial charge in [-0.2, -0.15) is 0 Å². The van der Waals surface area contributed by atoms with Crippen molar-refractivity contribution in [2.24, 2.45) is 0 Å². The number of carbonyl (C=O) groups is 1. The van der Waals surface area contributed by atoms with E-state index >= 15 is 0 Å². The van der Waals surface area contributed by atoms with E-state index in [-0.39, 0.29) is 26.0 Å². The van der Waals surface area contributed by atoms with E-state index in [0.29, 0.717) is 6.54 Å². The highest BCUT2D eigenvalue weighted by Crippen LogP contribution is 2.15. The highest BCUT2D eigenvalue weighted by Gasteiger charge is 2.27. The minimum Gasteiger partial charge on any atom is -0.445 e. The fourth-order valence-corrected chi connectivity index (χ4v) is 2.05. The van der Waals surface area contributed by atoms with Crippen molar-refractivity contribution in [2.45, 2.75) is 31.7 Å². The Morgan fingerprint density at radius 3 is 2.74 bits per heavy atom. The lowest BCUT2D eigenvalue weighted by Crippen LogP contribution is -2.32. The molecule has 1 aromatic carbocycles. The molecule has 1 aromatic rings. The molecule has 2 rings (SSSR count). The Bertz CT molecular complexity index is 400. The second kappa shape index (κ2) is 6.52. The molecule has 0 aromatic heterocycles. The summed E-state index contributed by atoms with van der Waals surface area (Å²) in [6.07, 6.45) is -2.28. The Hall–Kier alpha value is -1.62. The normalized spacial score (nSPS) is 23.8. The first-order valence-corrected chi connectivity index (χ1v) is 6.44. The maximum Gasteiger partial charge on any atom is 0.410 e. The molecule has 1 amide bonds. The van der Waals surface area contributed by atoms with E-state index in [9.17, 15) is 14.3 Å². The van der Waals surface area contributed by atoms with Crippen molar-refractivity contribution in [3.8, 4) is 0 Å². The Morgan fingerprint density at radius 2 is 2.00 bits per heavy atom. The van der Waals surface area contributed by atoms with Crippen LogP contribution < -0.4 is 0 Å². The van der Waals surface area contributed by atoms with E-state index < -0.39 is 18.4 Å². The van der Waals surface area contributed by atoms with Gasteiger partial charge in [-0.1, -0.05) is 30.3 Å². The fraction of sp³-hybridized carbons (Fsp3) is 0.500. The number of ether oxygens (including phenoxy) is 1. The third-order valence-electron chi connectivity index (χ3n) is 3.25. The van der Waals surface area contributed by atoms with Crippen LogP contribution in [0.25, 0.3) is 0 Å². The molecule has 1 saturated heterocycles. The molecule has 4 nitrogen and oxygen atoms in total. The Labute approximate surface area is 111 Å². The summed E-state index contributed by atoms with van der Waals surface area (Å²) in [6, 6.07) is 9.38. The number of hydrogen-bond donors (Lipinski definition) is 1. The second-order valence-corrected chi connectivity index (χ2v) is 4.69. The number of alkyl halides is 1. The van der Waals surface area contributed by atoms with Crippen molar-refractivity contribution >= 4 is 6.09 Å². The van der Waals surface area contributed by atoms with Gasteiger partial charge in [0.1, 0.15) is 12.8 Å². The number of likely N-dealkylation sites (tertiary alicyclic amines) is 1. The van der Waals surface area contributed by atoms with Gasteiger partial charge in [0, 0.05) is 13.1 Å². The Kier molecular flexibility index (Phi) is 4.74. The first-order valence-electron chi connectivity index (χ1n) is 6.44. The Balaban J connectivity index is 1.83. The zero-order chi connectivity index (χ0) is 13.7. The highest BCUT2D eigenvalue weighted by atomic mass is 19.1. The maximum absolute atomic E-state index is 13.3. The van der Waals surface area contributed by atoms with Crippen LogP contribution >= 0.6 is 0 Å². The van der Waals surface area contributed by atoms with Crippen LogP contribution in [0.5, 0.6) is 0 Å². The zero-order valence-corrected chi connectivity index (χ0v) is 10.7. The molecule has 0 radical (unpaired) electrons. The van der Waals surface area contributed by atoms with Crippen LogP contribution in [0.1, 0.15) is 18.4 Å². The fourth-order valence-electron chi connectivity index (χ4n) is 2.05. The van der Waals surface area contributed by atoms with E-state index in [1.807, 2.05) is 30.3 Å². The van der Waals surface area contributed by atoms with Gasteiger partial charge >= 0.3 is 6.09 Å². The van der Waals surface area contributed by atoms with Gasteiger partial charge in [0.05, 0.1) is 6.10 Å². The first kappa shape index (κ1) is 13.8. The predicted molar refractivity (Wildman–Crippen MR) is 68.3 cm³/mol. The van der Waals surface area contributed by atoms with Crippen molar-refractivity contribution in [2.75, 3.05) is 13.1 Å². The van der Waals surface area contributed by atoms with Crippen LogP contribution in [0, 0.1) is 0 Å². The van der Waals surface area contributed by atoms with Crippen LogP contribution in [0.2, 0.25) is 0 Å². The topological polar surface area (TPSA) is 49.8 Å². The third-order valence-corrected chi connectivity index (χ3v) is 3.25. The summed E-state index contributed by atoms with van der Waals surface area (Å²) in [5.74, 6) is 0. The van der Waals surface area contributed by atoms with Gasteiger partial charge in [-0.3, -0.25) is 0 Å². The zero-order valence-electron chi connectivity index (χ0n) is 10.7. The molecular weight excluding hydrogens is 249 g/mol. The molecule has 1 N–H and O–H groups in total. The number of amides is 1. The van der Waals surface area contributed by atoms with Gasteiger partial charge in [-0.25, -0.2) is 9.18 Å². The molecule has 1 aliphatic rings. The number of aliphatic hydroxyl groups excluding tert-OH is 1. The van der Waals surface area contributed by atoms with Crippen molar-refractivity contribution in [1.82, 2.24) is 4.90 Å². The van der Waals surface area contributed by atoms with Gasteiger partial charge in [0.15, 0.2) is 0 Å². The van der Waals surface area contributed by atoms with Crippen LogP contribution in [0.4, 0.5) is 9.18 Å². The predicted octanol–water partition coefficient (Wildman–Crippen LogP) is 2.12. The minimum absolute atomic E-state index is 0.154. The van der Waals surface area contributed by atoms with Crippen molar-refractivity contribution in [3.63, 3.8) is 0 Å². The Morgan fingerprint density at radius 1 is 1.32 bits per heavy atom. The first-order chi connectivity index (χ1) is 9.16. The molecule has 2 atom stereocenters. The molecular formula is C14H18FNO3. The summed E-state index contributed by atoms with van der Waals surface area (Å²) >= 11 is 0. The number of benzene rings is 1. The van der Waals surface area contributed by atoms with E-state index in [0.717, 1.165) is 5.56 Å². The van der Waals surface area contributed by atoms with Crippen LogP contribution in [0.3, 0.4) is 0 Å². The van der Waals surface area contributed by atoms with Gasteiger partial charge in [0.2, 0.25) is 0 Å². The summed E-state index contributed by atoms with van der Waals surface area (Å²) in [5.41, 5.74) is 0.911. The van der Waals surface area contributed by atoms with Crippen molar-refractivity contribution < 1.29 is 19.0 Å². The minimum atomic E-state index is -1.26. The van der Waals surface area contributed by atoms with E-state index in [4.69, 9.17) is 4.74 Å². The van der Waals surface area contributed by atoms with Gasteiger partial charge in [-0.05, 0) is 18.4 Å². The lowest BCUT2D eigenvalue weighted by Gasteiger charge is -2.19. The van der Waals surface area contributed by atoms with E-state index in [1.165, 1.54) is 4.90 Å². The lowest BCUT2D eigenvalue weighted by molar-refractivity contribution is 0.0749. The van der Waals surface area contributed by atoms with Gasteiger partial charge < -0.3 is 14.7 Å². The molecule has 1 aliphatic heterocycles. The quantitative estimate of drug-likeness (QED) is 0.893. The molecule has 1 fully saturated rings. The molecule has 0 aliphatic carbocycles. The number of hydrogen-bond acceptors (Lipinski definition) is 3. The standard InChI is InChI=1S/C14H18FNO3/c15-12-6-8-16(9-7-13(12)17)14(18)19-10-11-4-2-1-3-5-11/h1-5,12-13,17H,6-10H2. The van der Waals surface area contributed by atoms with Crippen molar-refractivity contribution in [3.05, 3.63) is 35.9 Å². The largest absolute Gasteiger partial charge is 0.445 e. The molecule has 5 heteroatoms. The number of rotatable bonds is 2. The van der Waals surface area contributed by atoms with Crippen molar-refractivity contribution in [1.29, 1.82) is 0 Å². The average Bonchev–Trinajstić information content (AvgIpc) is 2.60. The maximum atomic E-state index is 13.3. The summed E-state index contributed by atoms with van der Waals surface area (Å²) < 4.78 is 18.5. The van der Waals surface area contributed by atoms with Gasteiger partial charge in [0.25, 0.3) is 0 Å². The molecule has 0 bridgehead atoms. The SMILES string of the molecule is O=C(OCc1ccccc1)N1CCC(O)C(F)CC1. The van der Waals surface area contributed by atoms with Gasteiger partial charge in [-0.15, -0.1) is 0 Å². The van der Waals surface area contributed by atoms with E-state index in [2.05, 4.69) is 0 Å². The summed E-state index contributed by atoms with van der Waals surface area (Å²) in [6.45, 7) is 0.818. The van der Waals surface area contributed by atoms with Crippen LogP contribution in [-0.4, -0.2) is 41.5 Å². The summed E-state index contributed by atoms with van der Waals surface area (Å²) in [7, 11) is 0. The number of aliphatic hydroxyl groups is 1. The molecule has 104 valence electrons. The smallest absolute Gasteiger partial charge is 0.410 e. The second-order valence-electron chi connectivity index (χ2n) is 4.69. The molecule has 0 spiro atoms. The molecule has 19 heavy (non-hydrogen) atoms.